The number of benzene rings is 2. The second-order valence-electron chi connectivity index (χ2n) is 5.72. The molecular formula is C18H22N2O4S. The van der Waals surface area contributed by atoms with Crippen molar-refractivity contribution in [3.8, 4) is 5.75 Å². The lowest BCUT2D eigenvalue weighted by Crippen LogP contribution is -2.14. The van der Waals surface area contributed by atoms with Crippen LogP contribution in [-0.2, 0) is 21.2 Å². The Hall–Kier alpha value is -2.54. The van der Waals surface area contributed by atoms with E-state index in [2.05, 4.69) is 4.72 Å². The Morgan fingerprint density at radius 3 is 2.40 bits per heavy atom. The molecule has 3 N–H and O–H groups in total. The molecular weight excluding hydrogens is 340 g/mol. The van der Waals surface area contributed by atoms with Crippen LogP contribution in [0.3, 0.4) is 0 Å². The molecule has 134 valence electrons. The average molecular weight is 362 g/mol. The van der Waals surface area contributed by atoms with Crippen LogP contribution in [0.25, 0.3) is 0 Å². The zero-order chi connectivity index (χ0) is 18.4. The lowest BCUT2D eigenvalue weighted by molar-refractivity contribution is -0.117. The van der Waals surface area contributed by atoms with E-state index >= 15 is 0 Å². The number of carbonyl (C=O) groups excluding carboxylic acids is 1. The number of sulfonamides is 1. The van der Waals surface area contributed by atoms with Crippen LogP contribution in [0.15, 0.2) is 47.4 Å². The molecule has 2 aromatic carbocycles. The normalized spacial score (nSPS) is 11.1. The molecule has 0 spiro atoms. The number of ether oxygens (including phenoxy) is 1. The van der Waals surface area contributed by atoms with E-state index in [1.807, 2.05) is 13.8 Å². The number of amides is 1. The molecule has 7 heteroatoms. The summed E-state index contributed by atoms with van der Waals surface area (Å²) in [5, 5.41) is 0. The molecule has 0 saturated heterocycles. The highest BCUT2D eigenvalue weighted by atomic mass is 32.2. The Kier molecular flexibility index (Phi) is 6.03. The second-order valence-corrected chi connectivity index (χ2v) is 7.40. The predicted molar refractivity (Wildman–Crippen MR) is 97.1 cm³/mol. The van der Waals surface area contributed by atoms with E-state index in [9.17, 15) is 13.2 Å². The molecule has 0 aromatic heterocycles. The van der Waals surface area contributed by atoms with Gasteiger partial charge in [-0.15, -0.1) is 0 Å². The Balaban J connectivity index is 2.15. The van der Waals surface area contributed by atoms with Crippen molar-refractivity contribution in [3.05, 3.63) is 53.6 Å². The van der Waals surface area contributed by atoms with Crippen LogP contribution >= 0.6 is 0 Å². The van der Waals surface area contributed by atoms with E-state index in [0.29, 0.717) is 18.0 Å². The minimum Gasteiger partial charge on any atom is -0.493 e. The van der Waals surface area contributed by atoms with Crippen LogP contribution < -0.4 is 15.2 Å². The van der Waals surface area contributed by atoms with Crippen LogP contribution in [-0.4, -0.2) is 20.9 Å². The maximum absolute atomic E-state index is 12.5. The van der Waals surface area contributed by atoms with Gasteiger partial charge in [0.15, 0.2) is 0 Å². The molecule has 1 amide bonds. The maximum atomic E-state index is 12.5. The predicted octanol–water partition coefficient (Wildman–Crippen LogP) is 2.61. The summed E-state index contributed by atoms with van der Waals surface area (Å²) in [5.41, 5.74) is 7.03. The zero-order valence-corrected chi connectivity index (χ0v) is 15.1. The van der Waals surface area contributed by atoms with Crippen molar-refractivity contribution in [3.63, 3.8) is 0 Å². The summed E-state index contributed by atoms with van der Waals surface area (Å²) >= 11 is 0. The summed E-state index contributed by atoms with van der Waals surface area (Å²) in [6, 6.07) is 11.3. The molecule has 0 atom stereocenters. The first-order valence-electron chi connectivity index (χ1n) is 7.95. The fourth-order valence-corrected chi connectivity index (χ4v) is 3.41. The number of aryl methyl sites for hydroxylation is 1. The standard InChI is InChI=1S/C18H22N2O4S/c1-3-10-24-17-9-8-16(11-13(17)2)25(22,23)20-15-6-4-14(5-7-15)12-18(19)21/h4-9,11,20H,3,10,12H2,1-2H3,(H2,19,21). The second kappa shape index (κ2) is 8.02. The molecule has 25 heavy (non-hydrogen) atoms. The molecule has 2 rings (SSSR count). The van der Waals surface area contributed by atoms with Crippen molar-refractivity contribution >= 4 is 21.6 Å². The molecule has 2 aromatic rings. The van der Waals surface area contributed by atoms with Gasteiger partial charge in [0.2, 0.25) is 5.91 Å². The smallest absolute Gasteiger partial charge is 0.261 e. The van der Waals surface area contributed by atoms with Gasteiger partial charge in [-0.3, -0.25) is 9.52 Å². The molecule has 6 nitrogen and oxygen atoms in total. The van der Waals surface area contributed by atoms with Gasteiger partial charge in [-0.05, 0) is 54.8 Å². The van der Waals surface area contributed by atoms with Gasteiger partial charge in [0, 0.05) is 5.69 Å². The summed E-state index contributed by atoms with van der Waals surface area (Å²) < 4.78 is 33.1. The molecule has 0 radical (unpaired) electrons. The van der Waals surface area contributed by atoms with E-state index < -0.39 is 15.9 Å². The van der Waals surface area contributed by atoms with Crippen molar-refractivity contribution in [1.82, 2.24) is 0 Å². The summed E-state index contributed by atoms with van der Waals surface area (Å²) in [6.07, 6.45) is 0.998. The SMILES string of the molecule is CCCOc1ccc(S(=O)(=O)Nc2ccc(CC(N)=O)cc2)cc1C. The van der Waals surface area contributed by atoms with E-state index in [1.54, 1.807) is 36.4 Å². The third-order valence-corrected chi connectivity index (χ3v) is 4.88. The van der Waals surface area contributed by atoms with Gasteiger partial charge >= 0.3 is 0 Å². The monoisotopic (exact) mass is 362 g/mol. The highest BCUT2D eigenvalue weighted by Gasteiger charge is 2.16. The number of rotatable bonds is 8. The average Bonchev–Trinajstić information content (AvgIpc) is 2.55. The van der Waals surface area contributed by atoms with Crippen LogP contribution in [0, 0.1) is 6.92 Å². The first kappa shape index (κ1) is 18.8. The lowest BCUT2D eigenvalue weighted by atomic mass is 10.1. The number of nitrogens with one attached hydrogen (secondary N) is 1. The van der Waals surface area contributed by atoms with Crippen molar-refractivity contribution in [2.75, 3.05) is 11.3 Å². The van der Waals surface area contributed by atoms with Crippen LogP contribution in [0.4, 0.5) is 5.69 Å². The molecule has 0 fully saturated rings. The van der Waals surface area contributed by atoms with Crippen LogP contribution in [0.5, 0.6) is 5.75 Å². The maximum Gasteiger partial charge on any atom is 0.261 e. The van der Waals surface area contributed by atoms with Crippen molar-refractivity contribution in [2.45, 2.75) is 31.6 Å². The molecule has 0 bridgehead atoms. The van der Waals surface area contributed by atoms with Crippen LogP contribution in [0.2, 0.25) is 0 Å². The van der Waals surface area contributed by atoms with Gasteiger partial charge in [-0.1, -0.05) is 19.1 Å². The van der Waals surface area contributed by atoms with E-state index in [0.717, 1.165) is 17.5 Å². The molecule has 0 aliphatic heterocycles. The largest absolute Gasteiger partial charge is 0.493 e. The van der Waals surface area contributed by atoms with Gasteiger partial charge in [0.05, 0.1) is 17.9 Å². The quantitative estimate of drug-likeness (QED) is 0.754. The molecule has 0 aliphatic rings. The Morgan fingerprint density at radius 1 is 1.16 bits per heavy atom. The van der Waals surface area contributed by atoms with Crippen LogP contribution in [0.1, 0.15) is 24.5 Å². The van der Waals surface area contributed by atoms with E-state index in [-0.39, 0.29) is 11.3 Å². The van der Waals surface area contributed by atoms with Gasteiger partial charge in [0.25, 0.3) is 10.0 Å². The van der Waals surface area contributed by atoms with Crippen molar-refractivity contribution in [1.29, 1.82) is 0 Å². The van der Waals surface area contributed by atoms with Gasteiger partial charge < -0.3 is 10.5 Å². The number of hydrogen-bond acceptors (Lipinski definition) is 4. The fraction of sp³-hybridized carbons (Fsp3) is 0.278. The van der Waals surface area contributed by atoms with Crippen molar-refractivity contribution < 1.29 is 17.9 Å². The third kappa shape index (κ3) is 5.22. The van der Waals surface area contributed by atoms with E-state index in [1.165, 1.54) is 6.07 Å². The van der Waals surface area contributed by atoms with Gasteiger partial charge in [-0.25, -0.2) is 8.42 Å². The first-order valence-corrected chi connectivity index (χ1v) is 9.43. The third-order valence-electron chi connectivity index (χ3n) is 3.50. The summed E-state index contributed by atoms with van der Waals surface area (Å²) in [5.74, 6) is 0.241. The highest BCUT2D eigenvalue weighted by Crippen LogP contribution is 2.24. The molecule has 0 aliphatic carbocycles. The molecule has 0 unspecified atom stereocenters. The lowest BCUT2D eigenvalue weighted by Gasteiger charge is -2.12. The van der Waals surface area contributed by atoms with Gasteiger partial charge in [-0.2, -0.15) is 0 Å². The highest BCUT2D eigenvalue weighted by molar-refractivity contribution is 7.92. The first-order chi connectivity index (χ1) is 11.8. The van der Waals surface area contributed by atoms with E-state index in [4.69, 9.17) is 10.5 Å². The Bertz CT molecular complexity index is 846. The zero-order valence-electron chi connectivity index (χ0n) is 14.3. The number of hydrogen-bond donors (Lipinski definition) is 2. The number of anilines is 1. The summed E-state index contributed by atoms with van der Waals surface area (Å²) in [4.78, 5) is 11.1. The number of carbonyl (C=O) groups is 1. The van der Waals surface area contributed by atoms with Crippen molar-refractivity contribution in [2.24, 2.45) is 5.73 Å². The number of primary amides is 1. The minimum atomic E-state index is -3.71. The Labute approximate surface area is 148 Å². The Morgan fingerprint density at radius 2 is 1.84 bits per heavy atom. The minimum absolute atomic E-state index is 0.117. The number of nitrogens with two attached hydrogens (primary N) is 1. The summed E-state index contributed by atoms with van der Waals surface area (Å²) in [7, 11) is -3.71. The summed E-state index contributed by atoms with van der Waals surface area (Å²) in [6.45, 7) is 4.40. The topological polar surface area (TPSA) is 98.5 Å². The van der Waals surface area contributed by atoms with Gasteiger partial charge in [0.1, 0.15) is 5.75 Å². The molecule has 0 heterocycles. The fourth-order valence-electron chi connectivity index (χ4n) is 2.27. The molecule has 0 saturated carbocycles.